The lowest BCUT2D eigenvalue weighted by Crippen LogP contribution is -1.93. The first-order valence-corrected chi connectivity index (χ1v) is 2.46. The molecule has 1 aromatic heterocycles. The summed E-state index contributed by atoms with van der Waals surface area (Å²) in [5.74, 6) is -0.226. The van der Waals surface area contributed by atoms with Crippen LogP contribution < -0.4 is 5.76 Å². The molecule has 4 nitrogen and oxygen atoms in total. The Morgan fingerprint density at radius 2 is 2.62 bits per heavy atom. The Morgan fingerprint density at radius 3 is 2.88 bits per heavy atom. The molecule has 0 saturated carbocycles. The van der Waals surface area contributed by atoms with Crippen LogP contribution in [0.25, 0.3) is 0 Å². The van der Waals surface area contributed by atoms with Gasteiger partial charge in [-0.15, -0.1) is 16.7 Å². The molecule has 1 N–H and O–H groups in total. The highest BCUT2D eigenvalue weighted by molar-refractivity contribution is 6.16. The molecular weight excluding hydrogens is 131 g/mol. The van der Waals surface area contributed by atoms with E-state index in [9.17, 15) is 4.79 Å². The van der Waals surface area contributed by atoms with E-state index in [2.05, 4.69) is 14.6 Å². The van der Waals surface area contributed by atoms with E-state index >= 15 is 0 Å². The molecule has 8 heavy (non-hydrogen) atoms. The van der Waals surface area contributed by atoms with Crippen molar-refractivity contribution in [1.82, 2.24) is 10.2 Å². The molecular formula is C3H3ClN2O2. The van der Waals surface area contributed by atoms with Gasteiger partial charge in [0.15, 0.2) is 0 Å². The van der Waals surface area contributed by atoms with E-state index in [1.165, 1.54) is 0 Å². The molecule has 0 aliphatic carbocycles. The average Bonchev–Trinajstić information content (AvgIpc) is 2.14. The van der Waals surface area contributed by atoms with Crippen LogP contribution in [0.15, 0.2) is 9.21 Å². The Bertz CT molecular complexity index is 215. The zero-order chi connectivity index (χ0) is 5.98. The summed E-state index contributed by atoms with van der Waals surface area (Å²) in [5.41, 5.74) is 0. The fourth-order valence-electron chi connectivity index (χ4n) is 0.318. The van der Waals surface area contributed by atoms with Crippen molar-refractivity contribution >= 4 is 11.6 Å². The number of alkyl halides is 1. The summed E-state index contributed by atoms with van der Waals surface area (Å²) in [5, 5.41) is 5.46. The lowest BCUT2D eigenvalue weighted by Gasteiger charge is -1.72. The number of aromatic amines is 1. The molecule has 1 aromatic rings. The summed E-state index contributed by atoms with van der Waals surface area (Å²) in [4.78, 5) is 10.1. The van der Waals surface area contributed by atoms with Gasteiger partial charge in [-0.2, -0.15) is 0 Å². The second kappa shape index (κ2) is 2.00. The number of aromatic nitrogens is 2. The zero-order valence-corrected chi connectivity index (χ0v) is 4.60. The van der Waals surface area contributed by atoms with Crippen LogP contribution in [-0.4, -0.2) is 10.2 Å². The molecule has 0 aliphatic rings. The molecule has 44 valence electrons. The van der Waals surface area contributed by atoms with Crippen molar-refractivity contribution in [3.63, 3.8) is 0 Å². The molecule has 0 radical (unpaired) electrons. The summed E-state index contributed by atoms with van der Waals surface area (Å²) in [7, 11) is 0. The minimum absolute atomic E-state index is 0.124. The second-order valence-electron chi connectivity index (χ2n) is 1.14. The highest BCUT2D eigenvalue weighted by Gasteiger charge is 1.94. The third-order valence-electron chi connectivity index (χ3n) is 0.597. The summed E-state index contributed by atoms with van der Waals surface area (Å²) in [6.45, 7) is 0. The molecule has 0 fully saturated rings. The third kappa shape index (κ3) is 0.894. The Labute approximate surface area is 49.5 Å². The van der Waals surface area contributed by atoms with Crippen molar-refractivity contribution in [3.05, 3.63) is 16.4 Å². The summed E-state index contributed by atoms with van der Waals surface area (Å²) >= 11 is 5.23. The molecule has 0 atom stereocenters. The predicted octanol–water partition coefficient (Wildman–Crippen LogP) is 0.102. The quantitative estimate of drug-likeness (QED) is 0.555. The molecule has 0 bridgehead atoms. The highest BCUT2D eigenvalue weighted by atomic mass is 35.5. The molecule has 0 aromatic carbocycles. The van der Waals surface area contributed by atoms with Gasteiger partial charge in [-0.1, -0.05) is 0 Å². The van der Waals surface area contributed by atoms with Crippen molar-refractivity contribution < 1.29 is 4.42 Å². The number of hydrogen-bond acceptors (Lipinski definition) is 3. The highest BCUT2D eigenvalue weighted by Crippen LogP contribution is 1.91. The normalized spacial score (nSPS) is 9.62. The molecule has 0 saturated heterocycles. The van der Waals surface area contributed by atoms with Crippen molar-refractivity contribution in [2.24, 2.45) is 0 Å². The summed E-state index contributed by atoms with van der Waals surface area (Å²) in [6, 6.07) is 0. The predicted molar refractivity (Wildman–Crippen MR) is 26.7 cm³/mol. The number of rotatable bonds is 1. The molecule has 0 aliphatic heterocycles. The molecule has 5 heteroatoms. The summed E-state index contributed by atoms with van der Waals surface area (Å²) in [6.07, 6.45) is 0. The van der Waals surface area contributed by atoms with Gasteiger partial charge in [-0.3, -0.25) is 0 Å². The Hall–Kier alpha value is -0.770. The maximum Gasteiger partial charge on any atom is 0.434 e. The van der Waals surface area contributed by atoms with Crippen LogP contribution in [-0.2, 0) is 5.88 Å². The second-order valence-corrected chi connectivity index (χ2v) is 1.41. The SMILES string of the molecule is O=c1[nH]nc(CCl)o1. The van der Waals surface area contributed by atoms with E-state index in [0.717, 1.165) is 0 Å². The van der Waals surface area contributed by atoms with Crippen molar-refractivity contribution in [2.75, 3.05) is 0 Å². The molecule has 0 spiro atoms. The molecule has 1 rings (SSSR count). The molecule has 1 heterocycles. The molecule has 0 unspecified atom stereocenters. The van der Waals surface area contributed by atoms with Gasteiger partial charge in [0.05, 0.1) is 0 Å². The third-order valence-corrected chi connectivity index (χ3v) is 0.825. The van der Waals surface area contributed by atoms with Crippen LogP contribution in [0.1, 0.15) is 5.89 Å². The average molecular weight is 135 g/mol. The number of H-pyrrole nitrogens is 1. The largest absolute Gasteiger partial charge is 0.434 e. The van der Waals surface area contributed by atoms with Crippen molar-refractivity contribution in [1.29, 1.82) is 0 Å². The number of nitrogens with one attached hydrogen (secondary N) is 1. The lowest BCUT2D eigenvalue weighted by molar-refractivity contribution is 0.479. The van der Waals surface area contributed by atoms with Gasteiger partial charge in [-0.25, -0.2) is 9.89 Å². The topological polar surface area (TPSA) is 58.9 Å². The number of nitrogens with zero attached hydrogens (tertiary/aromatic N) is 1. The lowest BCUT2D eigenvalue weighted by atomic mass is 10.8. The first kappa shape index (κ1) is 5.37. The first-order chi connectivity index (χ1) is 3.83. The van der Waals surface area contributed by atoms with E-state index in [4.69, 9.17) is 11.6 Å². The van der Waals surface area contributed by atoms with E-state index in [-0.39, 0.29) is 11.8 Å². The fourth-order valence-corrected chi connectivity index (χ4v) is 0.432. The standard InChI is InChI=1S/C3H3ClN2O2/c4-1-2-5-6-3(7)8-2/h1H2,(H,6,7). The monoisotopic (exact) mass is 134 g/mol. The first-order valence-electron chi connectivity index (χ1n) is 1.93. The van der Waals surface area contributed by atoms with E-state index in [0.29, 0.717) is 0 Å². The van der Waals surface area contributed by atoms with Gasteiger partial charge < -0.3 is 4.42 Å². The number of halogens is 1. The van der Waals surface area contributed by atoms with Gasteiger partial charge in [0.1, 0.15) is 5.88 Å². The molecule has 0 amide bonds. The van der Waals surface area contributed by atoms with Gasteiger partial charge >= 0.3 is 5.76 Å². The van der Waals surface area contributed by atoms with Crippen LogP contribution in [0.4, 0.5) is 0 Å². The maximum absolute atomic E-state index is 10.1. The van der Waals surface area contributed by atoms with Crippen LogP contribution in [0.3, 0.4) is 0 Å². The van der Waals surface area contributed by atoms with Crippen molar-refractivity contribution in [2.45, 2.75) is 5.88 Å². The van der Waals surface area contributed by atoms with Crippen molar-refractivity contribution in [3.8, 4) is 0 Å². The Morgan fingerprint density at radius 1 is 1.88 bits per heavy atom. The van der Waals surface area contributed by atoms with Crippen LogP contribution >= 0.6 is 11.6 Å². The summed E-state index contributed by atoms with van der Waals surface area (Å²) < 4.78 is 4.38. The van der Waals surface area contributed by atoms with E-state index in [1.54, 1.807) is 0 Å². The van der Waals surface area contributed by atoms with Crippen LogP contribution in [0, 0.1) is 0 Å². The minimum atomic E-state index is -0.569. The van der Waals surface area contributed by atoms with E-state index in [1.807, 2.05) is 0 Å². The van der Waals surface area contributed by atoms with Crippen LogP contribution in [0.5, 0.6) is 0 Å². The van der Waals surface area contributed by atoms with Crippen LogP contribution in [0.2, 0.25) is 0 Å². The minimum Gasteiger partial charge on any atom is -0.391 e. The zero-order valence-electron chi connectivity index (χ0n) is 3.85. The van der Waals surface area contributed by atoms with Gasteiger partial charge in [0.2, 0.25) is 5.89 Å². The Kier molecular flexibility index (Phi) is 1.34. The smallest absolute Gasteiger partial charge is 0.391 e. The van der Waals surface area contributed by atoms with Gasteiger partial charge in [-0.05, 0) is 0 Å². The maximum atomic E-state index is 10.1. The fraction of sp³-hybridized carbons (Fsp3) is 0.333. The van der Waals surface area contributed by atoms with Gasteiger partial charge in [0, 0.05) is 0 Å². The Balaban J connectivity index is 3.01. The van der Waals surface area contributed by atoms with Gasteiger partial charge in [0.25, 0.3) is 0 Å². The van der Waals surface area contributed by atoms with E-state index < -0.39 is 5.76 Å². The number of hydrogen-bond donors (Lipinski definition) is 1.